The number of likely N-dealkylation sites (N-methyl/N-ethyl adjacent to an activating group) is 1. The Kier molecular flexibility index (Phi) is 18.0. The van der Waals surface area contributed by atoms with Crippen molar-refractivity contribution >= 4 is 29.5 Å². The molecule has 0 unspecified atom stereocenters. The molecule has 0 spiro atoms. The van der Waals surface area contributed by atoms with E-state index in [2.05, 4.69) is 33.2 Å². The maximum absolute atomic E-state index is 14.6. The summed E-state index contributed by atoms with van der Waals surface area (Å²) >= 11 is 0. The molecule has 65 heavy (non-hydrogen) atoms. The van der Waals surface area contributed by atoms with Gasteiger partial charge in [0.15, 0.2) is 0 Å². The number of ether oxygens (including phenoxy) is 2. The number of aryl methyl sites for hydroxylation is 2. The van der Waals surface area contributed by atoms with Crippen LogP contribution in [0.25, 0.3) is 22.6 Å². The smallest absolute Gasteiger partial charge is 0.289 e. The number of hydrogen-bond acceptors (Lipinski definition) is 13. The van der Waals surface area contributed by atoms with Crippen LogP contribution in [0.1, 0.15) is 78.5 Å². The lowest BCUT2D eigenvalue weighted by molar-refractivity contribution is -0.141. The standard InChI is InChI=1S/C47H60N10O8/c1-5-6-7-8-30-9-12-32(13-10-30)46-54-28(2)41(65-46)45(61)55-36(17-18-48)47(62)57(4)40-33-14-16-39(64-24-21-51)35(27-33)34-25-31(11-15-38(34)63-23-20-50)26-37(43(59)52-22-19-49)56-42(58)29(3)53-44(40)60/h9-16,25,27,29,36-37,40H,5-8,17-18,20-24,26,48,50-51H2,1-4H3,(H,52,59)(H,53,60)(H,55,61)(H,56,58)/t29-,36+,37-,40-/m0/s1. The number of nitriles is 1. The van der Waals surface area contributed by atoms with Crippen LogP contribution < -0.4 is 47.9 Å². The van der Waals surface area contributed by atoms with E-state index in [9.17, 15) is 24.0 Å². The van der Waals surface area contributed by atoms with Gasteiger partial charge in [0.25, 0.3) is 5.91 Å². The molecule has 4 aromatic rings. The van der Waals surface area contributed by atoms with E-state index >= 15 is 0 Å². The molecule has 3 aromatic carbocycles. The number of fused-ring (bicyclic) bond motifs is 5. The third-order valence-corrected chi connectivity index (χ3v) is 10.9. The molecule has 4 bridgehead atoms. The maximum atomic E-state index is 14.6. The number of oxazole rings is 1. The highest BCUT2D eigenvalue weighted by atomic mass is 16.5. The third kappa shape index (κ3) is 12.7. The Morgan fingerprint density at radius 2 is 1.62 bits per heavy atom. The minimum Gasteiger partial charge on any atom is -0.492 e. The van der Waals surface area contributed by atoms with Crippen LogP contribution in [-0.2, 0) is 32.0 Å². The molecule has 5 amide bonds. The first-order valence-corrected chi connectivity index (χ1v) is 21.9. The van der Waals surface area contributed by atoms with Gasteiger partial charge in [-0.1, -0.05) is 44.0 Å². The van der Waals surface area contributed by atoms with Crippen molar-refractivity contribution < 1.29 is 37.9 Å². The van der Waals surface area contributed by atoms with Crippen LogP contribution in [0.5, 0.6) is 11.5 Å². The second-order valence-electron chi connectivity index (χ2n) is 15.8. The minimum atomic E-state index is -1.41. The number of aromatic nitrogens is 1. The molecule has 2 heterocycles. The van der Waals surface area contributed by atoms with E-state index in [1.165, 1.54) is 24.4 Å². The molecular weight excluding hydrogens is 833 g/mol. The number of benzene rings is 3. The van der Waals surface area contributed by atoms with Crippen molar-refractivity contribution in [2.45, 2.75) is 83.5 Å². The number of carbonyl (C=O) groups is 5. The van der Waals surface area contributed by atoms with Gasteiger partial charge in [0, 0.05) is 43.2 Å². The Hall–Kier alpha value is -6.81. The van der Waals surface area contributed by atoms with Crippen LogP contribution in [0.3, 0.4) is 0 Å². The molecule has 18 heteroatoms. The molecule has 346 valence electrons. The second kappa shape index (κ2) is 23.8. The number of hydrogen-bond donors (Lipinski definition) is 7. The van der Waals surface area contributed by atoms with Crippen LogP contribution in [0.2, 0.25) is 0 Å². The molecule has 5 rings (SSSR count). The lowest BCUT2D eigenvalue weighted by atomic mass is 9.93. The summed E-state index contributed by atoms with van der Waals surface area (Å²) < 4.78 is 18.2. The lowest BCUT2D eigenvalue weighted by Gasteiger charge is -2.32. The Morgan fingerprint density at radius 3 is 2.26 bits per heavy atom. The number of amides is 5. The number of unbranched alkanes of at least 4 members (excludes halogenated alkanes) is 2. The van der Waals surface area contributed by atoms with Gasteiger partial charge >= 0.3 is 0 Å². The SMILES string of the molecule is CCCCCc1ccc(-c2nc(C)c(C(=O)N[C@H](CCN)C(=O)N(C)[C@@H]3C(=O)N[C@@H](C)C(=O)N[C@H](C(=O)NCC#N)Cc4ccc(OCCN)c(c4)-c4cc3ccc4OCCN)o2)cc1. The zero-order valence-corrected chi connectivity index (χ0v) is 37.4. The lowest BCUT2D eigenvalue weighted by Crippen LogP contribution is -2.56. The molecule has 1 aliphatic heterocycles. The minimum absolute atomic E-state index is 0.00181. The predicted molar refractivity (Wildman–Crippen MR) is 243 cm³/mol. The van der Waals surface area contributed by atoms with E-state index in [0.29, 0.717) is 45.0 Å². The molecule has 0 fully saturated rings. The molecule has 1 aromatic heterocycles. The average molecular weight is 893 g/mol. The quantitative estimate of drug-likeness (QED) is 0.0527. The number of rotatable bonds is 19. The summed E-state index contributed by atoms with van der Waals surface area (Å²) in [5.41, 5.74) is 21.7. The highest BCUT2D eigenvalue weighted by molar-refractivity contribution is 5.99. The van der Waals surface area contributed by atoms with E-state index in [1.807, 2.05) is 30.3 Å². The summed E-state index contributed by atoms with van der Waals surface area (Å²) in [6.45, 7) is 5.58. The number of nitrogens with one attached hydrogen (secondary N) is 4. The molecule has 10 N–H and O–H groups in total. The van der Waals surface area contributed by atoms with E-state index in [1.54, 1.807) is 43.3 Å². The Bertz CT molecular complexity index is 2340. The first-order valence-electron chi connectivity index (χ1n) is 21.9. The van der Waals surface area contributed by atoms with Crippen molar-refractivity contribution in [3.63, 3.8) is 0 Å². The first kappa shape index (κ1) is 49.2. The van der Waals surface area contributed by atoms with Crippen LogP contribution in [0.4, 0.5) is 0 Å². The van der Waals surface area contributed by atoms with Crippen LogP contribution in [0, 0.1) is 18.3 Å². The fraction of sp³-hybridized carbons (Fsp3) is 0.426. The molecule has 1 aliphatic rings. The molecular formula is C47H60N10O8. The Balaban J connectivity index is 1.54. The van der Waals surface area contributed by atoms with Gasteiger partial charge in [0.05, 0.1) is 11.8 Å². The maximum Gasteiger partial charge on any atom is 0.289 e. The highest BCUT2D eigenvalue weighted by Crippen LogP contribution is 2.40. The van der Waals surface area contributed by atoms with E-state index in [4.69, 9.17) is 36.4 Å². The van der Waals surface area contributed by atoms with E-state index in [-0.39, 0.29) is 63.9 Å². The summed E-state index contributed by atoms with van der Waals surface area (Å²) in [5, 5.41) is 19.8. The fourth-order valence-corrected chi connectivity index (χ4v) is 7.48. The van der Waals surface area contributed by atoms with Gasteiger partial charge in [-0.15, -0.1) is 0 Å². The summed E-state index contributed by atoms with van der Waals surface area (Å²) in [6, 6.07) is 14.8. The molecule has 18 nitrogen and oxygen atoms in total. The summed E-state index contributed by atoms with van der Waals surface area (Å²) in [7, 11) is 1.41. The zero-order chi connectivity index (χ0) is 47.0. The van der Waals surface area contributed by atoms with Gasteiger partial charge in [-0.3, -0.25) is 24.0 Å². The normalized spacial score (nSPS) is 16.5. The number of carbonyl (C=O) groups excluding carboxylic acids is 5. The van der Waals surface area contributed by atoms with Crippen molar-refractivity contribution in [2.24, 2.45) is 17.2 Å². The van der Waals surface area contributed by atoms with Gasteiger partial charge in [-0.25, -0.2) is 4.98 Å². The van der Waals surface area contributed by atoms with Gasteiger partial charge in [-0.05, 0) is 92.7 Å². The van der Waals surface area contributed by atoms with Crippen molar-refractivity contribution in [1.29, 1.82) is 5.26 Å². The molecule has 0 saturated carbocycles. The van der Waals surface area contributed by atoms with Crippen LogP contribution >= 0.6 is 0 Å². The van der Waals surface area contributed by atoms with Gasteiger partial charge in [0.2, 0.25) is 35.3 Å². The zero-order valence-electron chi connectivity index (χ0n) is 37.4. The van der Waals surface area contributed by atoms with Crippen LogP contribution in [0.15, 0.2) is 65.1 Å². The third-order valence-electron chi connectivity index (χ3n) is 10.9. The summed E-state index contributed by atoms with van der Waals surface area (Å²) in [5.74, 6) is -2.54. The second-order valence-corrected chi connectivity index (χ2v) is 15.8. The van der Waals surface area contributed by atoms with Gasteiger partial charge in [0.1, 0.15) is 55.4 Å². The monoisotopic (exact) mass is 892 g/mol. The van der Waals surface area contributed by atoms with Crippen molar-refractivity contribution in [3.8, 4) is 40.1 Å². The Labute approximate surface area is 379 Å². The highest BCUT2D eigenvalue weighted by Gasteiger charge is 2.36. The van der Waals surface area contributed by atoms with E-state index < -0.39 is 53.7 Å². The van der Waals surface area contributed by atoms with Gasteiger partial charge < -0.3 is 57.3 Å². The fourth-order valence-electron chi connectivity index (χ4n) is 7.48. The molecule has 0 radical (unpaired) electrons. The van der Waals surface area contributed by atoms with Crippen molar-refractivity contribution in [3.05, 3.63) is 88.8 Å². The Morgan fingerprint density at radius 1 is 0.938 bits per heavy atom. The van der Waals surface area contributed by atoms with Crippen molar-refractivity contribution in [2.75, 3.05) is 46.4 Å². The molecule has 0 saturated heterocycles. The summed E-state index contributed by atoms with van der Waals surface area (Å²) in [4.78, 5) is 75.8. The topological polar surface area (TPSA) is 283 Å². The van der Waals surface area contributed by atoms with Gasteiger partial charge in [-0.2, -0.15) is 5.26 Å². The average Bonchev–Trinajstić information content (AvgIpc) is 3.70. The summed E-state index contributed by atoms with van der Waals surface area (Å²) in [6.07, 6.45) is 4.30. The largest absolute Gasteiger partial charge is 0.492 e. The first-order chi connectivity index (χ1) is 31.3. The van der Waals surface area contributed by atoms with Crippen molar-refractivity contribution in [1.82, 2.24) is 31.2 Å². The number of nitrogens with two attached hydrogens (primary N) is 3. The molecule has 4 atom stereocenters. The predicted octanol–water partition coefficient (Wildman–Crippen LogP) is 2.56. The number of nitrogens with zero attached hydrogens (tertiary/aromatic N) is 3. The van der Waals surface area contributed by atoms with E-state index in [0.717, 1.165) is 25.7 Å². The molecule has 0 aliphatic carbocycles. The van der Waals surface area contributed by atoms with Crippen LogP contribution in [-0.4, -0.2) is 104 Å².